The maximum Gasteiger partial charge on any atom is 0.189 e. The van der Waals surface area contributed by atoms with E-state index in [1.54, 1.807) is 18.2 Å². The first-order chi connectivity index (χ1) is 10.6. The van der Waals surface area contributed by atoms with E-state index in [1.807, 2.05) is 18.2 Å². The van der Waals surface area contributed by atoms with Crippen LogP contribution in [0.5, 0.6) is 17.2 Å². The van der Waals surface area contributed by atoms with Crippen molar-refractivity contribution in [2.45, 2.75) is 0 Å². The van der Waals surface area contributed by atoms with E-state index in [0.717, 1.165) is 11.6 Å². The Hall–Kier alpha value is -3.01. The van der Waals surface area contributed by atoms with Crippen LogP contribution in [-0.4, -0.2) is 22.6 Å². The average Bonchev–Trinajstić information content (AvgIpc) is 2.51. The van der Waals surface area contributed by atoms with E-state index in [-0.39, 0.29) is 22.8 Å². The van der Waals surface area contributed by atoms with Crippen molar-refractivity contribution in [3.63, 3.8) is 0 Å². The van der Waals surface area contributed by atoms with Gasteiger partial charge in [0.25, 0.3) is 0 Å². The highest BCUT2D eigenvalue weighted by Crippen LogP contribution is 2.24. The number of aromatic hydroxyl groups is 2. The molecule has 0 aliphatic heterocycles. The maximum atomic E-state index is 12.1. The number of phenolic OH excluding ortho intramolecular Hbond substituents is 2. The number of ether oxygens (including phenoxy) is 1. The second-order valence-corrected chi connectivity index (χ2v) is 4.54. The van der Waals surface area contributed by atoms with Crippen LogP contribution in [-0.2, 0) is 0 Å². The first-order valence-corrected chi connectivity index (χ1v) is 6.69. The molecule has 0 heterocycles. The molecular formula is C18H16O4. The molecule has 112 valence electrons. The molecule has 0 spiro atoms. The van der Waals surface area contributed by atoms with E-state index in [4.69, 9.17) is 4.74 Å². The lowest BCUT2D eigenvalue weighted by molar-refractivity contribution is 0.104. The third-order valence-corrected chi connectivity index (χ3v) is 2.94. The molecule has 2 rings (SSSR count). The van der Waals surface area contributed by atoms with E-state index in [0.29, 0.717) is 12.4 Å². The molecule has 0 aromatic heterocycles. The molecule has 4 nitrogen and oxygen atoms in total. The molecule has 2 aromatic carbocycles. The van der Waals surface area contributed by atoms with Crippen LogP contribution in [0.1, 0.15) is 15.9 Å². The second kappa shape index (κ2) is 7.13. The Kier molecular flexibility index (Phi) is 4.98. The van der Waals surface area contributed by atoms with Crippen LogP contribution in [0, 0.1) is 0 Å². The van der Waals surface area contributed by atoms with Gasteiger partial charge in [-0.05, 0) is 30.4 Å². The van der Waals surface area contributed by atoms with Gasteiger partial charge in [0.2, 0.25) is 0 Å². The van der Waals surface area contributed by atoms with Crippen molar-refractivity contribution in [3.05, 3.63) is 72.3 Å². The number of benzene rings is 2. The number of allylic oxidation sites excluding steroid dienone is 1. The fourth-order valence-electron chi connectivity index (χ4n) is 1.88. The average molecular weight is 296 g/mol. The number of ketones is 1. The molecule has 0 amide bonds. The SMILES string of the molecule is C=CCOc1ccccc1/C=C/C(=O)c1ccc(O)cc1O. The van der Waals surface area contributed by atoms with Gasteiger partial charge in [0, 0.05) is 11.6 Å². The van der Waals surface area contributed by atoms with Crippen molar-refractivity contribution in [1.82, 2.24) is 0 Å². The Morgan fingerprint density at radius 1 is 1.18 bits per heavy atom. The molecule has 0 saturated carbocycles. The molecule has 2 N–H and O–H groups in total. The summed E-state index contributed by atoms with van der Waals surface area (Å²) in [6.45, 7) is 3.96. The Bertz CT molecular complexity index is 717. The zero-order valence-corrected chi connectivity index (χ0v) is 11.9. The monoisotopic (exact) mass is 296 g/mol. The summed E-state index contributed by atoms with van der Waals surface area (Å²) in [5, 5.41) is 18.9. The fourth-order valence-corrected chi connectivity index (χ4v) is 1.88. The highest BCUT2D eigenvalue weighted by atomic mass is 16.5. The summed E-state index contributed by atoms with van der Waals surface area (Å²) >= 11 is 0. The Balaban J connectivity index is 2.21. The van der Waals surface area contributed by atoms with Crippen molar-refractivity contribution in [1.29, 1.82) is 0 Å². The zero-order chi connectivity index (χ0) is 15.9. The van der Waals surface area contributed by atoms with E-state index < -0.39 is 0 Å². The number of carbonyl (C=O) groups is 1. The zero-order valence-electron chi connectivity index (χ0n) is 11.9. The fraction of sp³-hybridized carbons (Fsp3) is 0.0556. The number of para-hydroxylation sites is 1. The van der Waals surface area contributed by atoms with Gasteiger partial charge in [0.1, 0.15) is 23.9 Å². The van der Waals surface area contributed by atoms with Crippen LogP contribution in [0.15, 0.2) is 61.2 Å². The van der Waals surface area contributed by atoms with Gasteiger partial charge < -0.3 is 14.9 Å². The van der Waals surface area contributed by atoms with Crippen LogP contribution in [0.25, 0.3) is 6.08 Å². The summed E-state index contributed by atoms with van der Waals surface area (Å²) in [6.07, 6.45) is 4.61. The number of rotatable bonds is 6. The molecule has 0 radical (unpaired) electrons. The van der Waals surface area contributed by atoms with Crippen molar-refractivity contribution in [2.75, 3.05) is 6.61 Å². The van der Waals surface area contributed by atoms with Gasteiger partial charge in [-0.25, -0.2) is 0 Å². The van der Waals surface area contributed by atoms with Gasteiger partial charge in [-0.3, -0.25) is 4.79 Å². The highest BCUT2D eigenvalue weighted by Gasteiger charge is 2.09. The van der Waals surface area contributed by atoms with Gasteiger partial charge in [-0.2, -0.15) is 0 Å². The normalized spacial score (nSPS) is 10.5. The molecule has 22 heavy (non-hydrogen) atoms. The van der Waals surface area contributed by atoms with E-state index >= 15 is 0 Å². The lowest BCUT2D eigenvalue weighted by atomic mass is 10.1. The third kappa shape index (κ3) is 3.76. The quantitative estimate of drug-likeness (QED) is 0.486. The largest absolute Gasteiger partial charge is 0.508 e. The van der Waals surface area contributed by atoms with Crippen LogP contribution in [0.3, 0.4) is 0 Å². The Labute approximate surface area is 128 Å². The second-order valence-electron chi connectivity index (χ2n) is 4.54. The molecule has 0 bridgehead atoms. The van der Waals surface area contributed by atoms with Crippen LogP contribution in [0.4, 0.5) is 0 Å². The molecule has 0 atom stereocenters. The molecule has 2 aromatic rings. The number of phenols is 2. The molecule has 4 heteroatoms. The first-order valence-electron chi connectivity index (χ1n) is 6.69. The van der Waals surface area contributed by atoms with Crippen molar-refractivity contribution in [3.8, 4) is 17.2 Å². The van der Waals surface area contributed by atoms with Gasteiger partial charge in [-0.15, -0.1) is 0 Å². The Morgan fingerprint density at radius 3 is 2.68 bits per heavy atom. The van der Waals surface area contributed by atoms with Crippen LogP contribution < -0.4 is 4.74 Å². The topological polar surface area (TPSA) is 66.8 Å². The van der Waals surface area contributed by atoms with Crippen molar-refractivity contribution >= 4 is 11.9 Å². The summed E-state index contributed by atoms with van der Waals surface area (Å²) in [4.78, 5) is 12.1. The molecule has 0 fully saturated rings. The summed E-state index contributed by atoms with van der Waals surface area (Å²) in [5.74, 6) is -0.0792. The van der Waals surface area contributed by atoms with Gasteiger partial charge in [-0.1, -0.05) is 30.9 Å². The number of hydrogen-bond acceptors (Lipinski definition) is 4. The maximum absolute atomic E-state index is 12.1. The number of hydrogen-bond donors (Lipinski definition) is 2. The summed E-state index contributed by atoms with van der Waals surface area (Å²) in [6, 6.07) is 11.1. The Morgan fingerprint density at radius 2 is 1.95 bits per heavy atom. The first kappa shape index (κ1) is 15.4. The third-order valence-electron chi connectivity index (χ3n) is 2.94. The predicted molar refractivity (Wildman–Crippen MR) is 85.3 cm³/mol. The predicted octanol–water partition coefficient (Wildman–Crippen LogP) is 3.56. The van der Waals surface area contributed by atoms with Crippen LogP contribution in [0.2, 0.25) is 0 Å². The molecule has 0 saturated heterocycles. The highest BCUT2D eigenvalue weighted by molar-refractivity contribution is 6.08. The lowest BCUT2D eigenvalue weighted by Crippen LogP contribution is -1.96. The lowest BCUT2D eigenvalue weighted by Gasteiger charge is -2.06. The van der Waals surface area contributed by atoms with Crippen molar-refractivity contribution < 1.29 is 19.7 Å². The molecular weight excluding hydrogens is 280 g/mol. The van der Waals surface area contributed by atoms with Crippen LogP contribution >= 0.6 is 0 Å². The molecule has 0 unspecified atom stereocenters. The van der Waals surface area contributed by atoms with Crippen molar-refractivity contribution in [2.24, 2.45) is 0 Å². The minimum absolute atomic E-state index is 0.0961. The van der Waals surface area contributed by atoms with Gasteiger partial charge >= 0.3 is 0 Å². The summed E-state index contributed by atoms with van der Waals surface area (Å²) in [5.41, 5.74) is 0.870. The number of carbonyl (C=O) groups excluding carboxylic acids is 1. The van der Waals surface area contributed by atoms with E-state index in [1.165, 1.54) is 18.2 Å². The smallest absolute Gasteiger partial charge is 0.189 e. The molecule has 0 aliphatic carbocycles. The standard InChI is InChI=1S/C18H16O4/c1-2-11-22-18-6-4-3-5-13(18)7-10-16(20)15-9-8-14(19)12-17(15)21/h2-10,12,19,21H,1,11H2/b10-7+. The summed E-state index contributed by atoms with van der Waals surface area (Å²) in [7, 11) is 0. The molecule has 0 aliphatic rings. The minimum atomic E-state index is -0.365. The summed E-state index contributed by atoms with van der Waals surface area (Å²) < 4.78 is 5.50. The van der Waals surface area contributed by atoms with E-state index in [9.17, 15) is 15.0 Å². The van der Waals surface area contributed by atoms with Gasteiger partial charge in [0.05, 0.1) is 5.56 Å². The van der Waals surface area contributed by atoms with Gasteiger partial charge in [0.15, 0.2) is 5.78 Å². The van der Waals surface area contributed by atoms with E-state index in [2.05, 4.69) is 6.58 Å². The minimum Gasteiger partial charge on any atom is -0.508 e.